The number of alkyl halides is 3. The van der Waals surface area contributed by atoms with E-state index in [1.165, 1.54) is 6.07 Å². The van der Waals surface area contributed by atoms with Crippen LogP contribution >= 0.6 is 0 Å². The van der Waals surface area contributed by atoms with E-state index in [4.69, 9.17) is 5.73 Å². The highest BCUT2D eigenvalue weighted by Gasteiger charge is 2.30. The Hall–Kier alpha value is -1.98. The van der Waals surface area contributed by atoms with Gasteiger partial charge >= 0.3 is 6.18 Å². The number of anilines is 1. The van der Waals surface area contributed by atoms with Crippen LogP contribution in [0.4, 0.5) is 18.9 Å². The number of aromatic nitrogens is 2. The largest absolute Gasteiger partial charge is 0.416 e. The van der Waals surface area contributed by atoms with E-state index in [1.807, 2.05) is 7.05 Å². The van der Waals surface area contributed by atoms with E-state index in [1.54, 1.807) is 17.0 Å². The summed E-state index contributed by atoms with van der Waals surface area (Å²) in [6, 6.07) is 3.39. The fourth-order valence-corrected chi connectivity index (χ4v) is 1.67. The van der Waals surface area contributed by atoms with Crippen molar-refractivity contribution in [2.45, 2.75) is 12.6 Å². The molecule has 2 aromatic rings. The second-order valence-electron chi connectivity index (χ2n) is 4.04. The molecule has 2 N–H and O–H groups in total. The molecule has 1 heterocycles. The monoisotopic (exact) mass is 255 g/mol. The zero-order valence-corrected chi connectivity index (χ0v) is 9.70. The summed E-state index contributed by atoms with van der Waals surface area (Å²) in [7, 11) is 1.82. The van der Waals surface area contributed by atoms with Gasteiger partial charge in [-0.1, -0.05) is 6.07 Å². The Balaban J connectivity index is 2.29. The number of nitrogen functional groups attached to an aromatic ring is 1. The predicted molar refractivity (Wildman–Crippen MR) is 61.9 cm³/mol. The van der Waals surface area contributed by atoms with Gasteiger partial charge in [0.25, 0.3) is 0 Å². The average molecular weight is 255 g/mol. The van der Waals surface area contributed by atoms with Gasteiger partial charge in [-0.15, -0.1) is 0 Å². The summed E-state index contributed by atoms with van der Waals surface area (Å²) < 4.78 is 39.2. The summed E-state index contributed by atoms with van der Waals surface area (Å²) in [5, 5.41) is 0. The molecule has 3 nitrogen and oxygen atoms in total. The lowest BCUT2D eigenvalue weighted by atomic mass is 10.1. The molecule has 0 saturated heterocycles. The third-order valence-electron chi connectivity index (χ3n) is 2.74. The van der Waals surface area contributed by atoms with Gasteiger partial charge in [-0.05, 0) is 17.7 Å². The lowest BCUT2D eigenvalue weighted by Crippen LogP contribution is -2.08. The fraction of sp³-hybridized carbons (Fsp3) is 0.250. The highest BCUT2D eigenvalue weighted by atomic mass is 19.4. The van der Waals surface area contributed by atoms with Crippen molar-refractivity contribution in [3.63, 3.8) is 0 Å². The molecular formula is C12H12F3N3. The van der Waals surface area contributed by atoms with Crippen LogP contribution in [-0.4, -0.2) is 9.55 Å². The Morgan fingerprint density at radius 2 is 2.06 bits per heavy atom. The number of halogens is 3. The van der Waals surface area contributed by atoms with Crippen molar-refractivity contribution >= 4 is 5.69 Å². The molecule has 0 aliphatic heterocycles. The Labute approximate surface area is 102 Å². The molecule has 0 atom stereocenters. The van der Waals surface area contributed by atoms with Gasteiger partial charge in [0.05, 0.1) is 5.56 Å². The van der Waals surface area contributed by atoms with E-state index < -0.39 is 11.7 Å². The minimum atomic E-state index is -4.37. The maximum Gasteiger partial charge on any atom is 0.416 e. The van der Waals surface area contributed by atoms with Gasteiger partial charge < -0.3 is 10.3 Å². The van der Waals surface area contributed by atoms with Crippen LogP contribution in [0.2, 0.25) is 0 Å². The Morgan fingerprint density at radius 1 is 1.33 bits per heavy atom. The molecule has 18 heavy (non-hydrogen) atoms. The molecule has 0 spiro atoms. The highest BCUT2D eigenvalue weighted by molar-refractivity contribution is 5.50. The molecule has 0 aliphatic carbocycles. The van der Waals surface area contributed by atoms with Crippen LogP contribution in [-0.2, 0) is 19.6 Å². The second-order valence-corrected chi connectivity index (χ2v) is 4.04. The number of imidazole rings is 1. The maximum absolute atomic E-state index is 12.5. The summed E-state index contributed by atoms with van der Waals surface area (Å²) in [4.78, 5) is 4.11. The Morgan fingerprint density at radius 3 is 2.56 bits per heavy atom. The standard InChI is InChI=1S/C12H12F3N3/c1-18-5-4-17-11(18)6-8-2-3-9(7-10(8)16)12(13,14)15/h2-5,7H,6,16H2,1H3. The highest BCUT2D eigenvalue weighted by Crippen LogP contribution is 2.31. The number of rotatable bonds is 2. The molecule has 0 saturated carbocycles. The first kappa shape index (κ1) is 12.5. The topological polar surface area (TPSA) is 43.8 Å². The molecule has 96 valence electrons. The number of nitrogens with two attached hydrogens (primary N) is 1. The first-order valence-electron chi connectivity index (χ1n) is 5.29. The number of aryl methyl sites for hydroxylation is 1. The maximum atomic E-state index is 12.5. The molecule has 1 aromatic carbocycles. The molecule has 2 rings (SSSR count). The van der Waals surface area contributed by atoms with Crippen molar-refractivity contribution in [2.75, 3.05) is 5.73 Å². The summed E-state index contributed by atoms with van der Waals surface area (Å²) in [6.07, 6.45) is -0.547. The summed E-state index contributed by atoms with van der Waals surface area (Å²) in [5.74, 6) is 0.751. The molecule has 0 aliphatic rings. The summed E-state index contributed by atoms with van der Waals surface area (Å²) in [5.41, 5.74) is 5.68. The Bertz CT molecular complexity index is 558. The molecule has 0 radical (unpaired) electrons. The van der Waals surface area contributed by atoms with Crippen LogP contribution in [0.3, 0.4) is 0 Å². The third kappa shape index (κ3) is 2.47. The molecule has 6 heteroatoms. The summed E-state index contributed by atoms with van der Waals surface area (Å²) in [6.45, 7) is 0. The van der Waals surface area contributed by atoms with Crippen molar-refractivity contribution in [2.24, 2.45) is 7.05 Å². The summed E-state index contributed by atoms with van der Waals surface area (Å²) >= 11 is 0. The van der Waals surface area contributed by atoms with Gasteiger partial charge in [0, 0.05) is 31.5 Å². The second kappa shape index (κ2) is 4.36. The minimum absolute atomic E-state index is 0.132. The fourth-order valence-electron chi connectivity index (χ4n) is 1.67. The molecule has 1 aromatic heterocycles. The van der Waals surface area contributed by atoms with Crippen LogP contribution in [0.15, 0.2) is 30.6 Å². The average Bonchev–Trinajstić information content (AvgIpc) is 2.66. The van der Waals surface area contributed by atoms with Gasteiger partial charge in [-0.25, -0.2) is 4.98 Å². The van der Waals surface area contributed by atoms with E-state index in [2.05, 4.69) is 4.98 Å². The van der Waals surface area contributed by atoms with E-state index in [9.17, 15) is 13.2 Å². The van der Waals surface area contributed by atoms with Crippen LogP contribution in [0.5, 0.6) is 0 Å². The van der Waals surface area contributed by atoms with E-state index in [0.717, 1.165) is 18.0 Å². The molecular weight excluding hydrogens is 243 g/mol. The first-order valence-corrected chi connectivity index (χ1v) is 5.29. The van der Waals surface area contributed by atoms with Crippen LogP contribution in [0.1, 0.15) is 17.0 Å². The lowest BCUT2D eigenvalue weighted by molar-refractivity contribution is -0.137. The smallest absolute Gasteiger partial charge is 0.398 e. The zero-order chi connectivity index (χ0) is 13.3. The quantitative estimate of drug-likeness (QED) is 0.838. The van der Waals surface area contributed by atoms with Crippen LogP contribution < -0.4 is 5.73 Å². The van der Waals surface area contributed by atoms with Crippen molar-refractivity contribution in [1.82, 2.24) is 9.55 Å². The van der Waals surface area contributed by atoms with Crippen molar-refractivity contribution in [3.05, 3.63) is 47.5 Å². The van der Waals surface area contributed by atoms with Crippen molar-refractivity contribution in [3.8, 4) is 0 Å². The lowest BCUT2D eigenvalue weighted by Gasteiger charge is -2.10. The third-order valence-corrected chi connectivity index (χ3v) is 2.74. The van der Waals surface area contributed by atoms with Gasteiger partial charge in [-0.2, -0.15) is 13.2 Å². The SMILES string of the molecule is Cn1ccnc1Cc1ccc(C(F)(F)F)cc1N. The van der Waals surface area contributed by atoms with Crippen LogP contribution in [0.25, 0.3) is 0 Å². The minimum Gasteiger partial charge on any atom is -0.398 e. The molecule has 0 unspecified atom stereocenters. The Kier molecular flexibility index (Phi) is 3.02. The predicted octanol–water partition coefficient (Wildman–Crippen LogP) is 2.61. The van der Waals surface area contributed by atoms with Crippen LogP contribution in [0, 0.1) is 0 Å². The first-order chi connectivity index (χ1) is 8.38. The van der Waals surface area contributed by atoms with Gasteiger partial charge in [0.15, 0.2) is 0 Å². The van der Waals surface area contributed by atoms with E-state index in [-0.39, 0.29) is 5.69 Å². The van der Waals surface area contributed by atoms with Crippen molar-refractivity contribution < 1.29 is 13.2 Å². The molecule has 0 bridgehead atoms. The molecule has 0 fully saturated rings. The van der Waals surface area contributed by atoms with E-state index >= 15 is 0 Å². The van der Waals surface area contributed by atoms with Crippen molar-refractivity contribution in [1.29, 1.82) is 0 Å². The van der Waals surface area contributed by atoms with Gasteiger partial charge in [-0.3, -0.25) is 0 Å². The number of nitrogens with zero attached hydrogens (tertiary/aromatic N) is 2. The zero-order valence-electron chi connectivity index (χ0n) is 9.70. The number of hydrogen-bond donors (Lipinski definition) is 1. The number of benzene rings is 1. The molecule has 0 amide bonds. The number of hydrogen-bond acceptors (Lipinski definition) is 2. The van der Waals surface area contributed by atoms with E-state index in [0.29, 0.717) is 12.0 Å². The van der Waals surface area contributed by atoms with Gasteiger partial charge in [0.1, 0.15) is 5.82 Å². The normalized spacial score (nSPS) is 11.8. The van der Waals surface area contributed by atoms with Gasteiger partial charge in [0.2, 0.25) is 0 Å².